The molecule has 1 aliphatic rings. The average molecular weight is 422 g/mol. The maximum absolute atomic E-state index is 13.2. The molecule has 25 heavy (non-hydrogen) atoms. The van der Waals surface area contributed by atoms with E-state index < -0.39 is 47.3 Å². The van der Waals surface area contributed by atoms with Gasteiger partial charge in [0.2, 0.25) is 0 Å². The summed E-state index contributed by atoms with van der Waals surface area (Å²) in [6, 6.07) is 0. The van der Waals surface area contributed by atoms with Crippen molar-refractivity contribution >= 4 is 11.8 Å². The van der Waals surface area contributed by atoms with Crippen LogP contribution < -0.4 is 0 Å². The Balaban J connectivity index is 3.23. The van der Waals surface area contributed by atoms with E-state index in [4.69, 9.17) is 0 Å². The number of ether oxygens (including phenoxy) is 1. The highest BCUT2D eigenvalue weighted by Crippen LogP contribution is 2.60. The summed E-state index contributed by atoms with van der Waals surface area (Å²) in [5.74, 6) is -36.8. The van der Waals surface area contributed by atoms with Gasteiger partial charge in [-0.3, -0.25) is 0 Å². The van der Waals surface area contributed by atoms with E-state index in [1.54, 1.807) is 0 Å². The third-order valence-electron chi connectivity index (χ3n) is 3.11. The quantitative estimate of drug-likeness (QED) is 0.412. The molecule has 150 valence electrons. The second-order valence-corrected chi connectivity index (χ2v) is 6.65. The predicted octanol–water partition coefficient (Wildman–Crippen LogP) is 5.20. The lowest BCUT2D eigenvalue weighted by Gasteiger charge is -2.39. The Labute approximate surface area is 134 Å². The highest BCUT2D eigenvalue weighted by Gasteiger charge is 2.90. The molecular weight excluding hydrogens is 415 g/mol. The van der Waals surface area contributed by atoms with Crippen molar-refractivity contribution in [3.8, 4) is 0 Å². The van der Waals surface area contributed by atoms with E-state index in [0.29, 0.717) is 0 Å². The van der Waals surface area contributed by atoms with Crippen LogP contribution in [-0.2, 0) is 4.74 Å². The largest absolute Gasteiger partial charge is 0.460 e. The summed E-state index contributed by atoms with van der Waals surface area (Å²) in [6.07, 6.45) is -7.40. The SMILES string of the molecule is CC1(OCC(F)(F)C(F)(F)C(F)(F)C(F)(F)C(F)(F)C(F)(F)F)CS1. The third-order valence-corrected chi connectivity index (χ3v) is 4.33. The summed E-state index contributed by atoms with van der Waals surface area (Å²) in [4.78, 5) is -1.51. The highest BCUT2D eigenvalue weighted by molar-refractivity contribution is 8.07. The average Bonchev–Trinajstić information content (AvgIpc) is 3.13. The van der Waals surface area contributed by atoms with Gasteiger partial charge in [-0.05, 0) is 6.92 Å². The van der Waals surface area contributed by atoms with Crippen molar-refractivity contribution in [1.29, 1.82) is 0 Å². The molecule has 1 heterocycles. The molecule has 0 saturated carbocycles. The van der Waals surface area contributed by atoms with Crippen LogP contribution in [0.25, 0.3) is 0 Å². The smallest absolute Gasteiger partial charge is 0.357 e. The number of hydrogen-bond donors (Lipinski definition) is 0. The standard InChI is InChI=1S/C10H7F13OS/c1-4(3-25-4)24-2-5(11,12)6(13,14)7(15,16)8(17,18)9(19,20)10(21,22)23/h2-3H2,1H3. The fraction of sp³-hybridized carbons (Fsp3) is 1.00. The Kier molecular flexibility index (Phi) is 5.11. The maximum Gasteiger partial charge on any atom is 0.460 e. The van der Waals surface area contributed by atoms with Crippen molar-refractivity contribution in [2.75, 3.05) is 12.4 Å². The van der Waals surface area contributed by atoms with Gasteiger partial charge in [-0.25, -0.2) is 0 Å². The van der Waals surface area contributed by atoms with Gasteiger partial charge in [0, 0.05) is 5.75 Å². The van der Waals surface area contributed by atoms with Gasteiger partial charge in [0.25, 0.3) is 0 Å². The molecular formula is C10H7F13OS. The Bertz CT molecular complexity index is 507. The topological polar surface area (TPSA) is 9.23 Å². The van der Waals surface area contributed by atoms with Gasteiger partial charge < -0.3 is 4.74 Å². The fourth-order valence-corrected chi connectivity index (χ4v) is 1.75. The van der Waals surface area contributed by atoms with E-state index in [0.717, 1.165) is 18.7 Å². The number of halogens is 13. The van der Waals surface area contributed by atoms with Crippen LogP contribution in [0.4, 0.5) is 57.1 Å². The van der Waals surface area contributed by atoms with Crippen molar-refractivity contribution in [2.24, 2.45) is 0 Å². The van der Waals surface area contributed by atoms with E-state index in [1.165, 1.54) is 0 Å². The summed E-state index contributed by atoms with van der Waals surface area (Å²) in [5.41, 5.74) is 0. The van der Waals surface area contributed by atoms with Gasteiger partial charge >= 0.3 is 35.8 Å². The second-order valence-electron chi connectivity index (χ2n) is 5.21. The molecule has 0 aromatic rings. The Morgan fingerprint density at radius 3 is 1.40 bits per heavy atom. The minimum absolute atomic E-state index is 0.0483. The van der Waals surface area contributed by atoms with Gasteiger partial charge in [0.05, 0.1) is 0 Å². The molecule has 1 unspecified atom stereocenters. The molecule has 0 spiro atoms. The van der Waals surface area contributed by atoms with E-state index >= 15 is 0 Å². The summed E-state index contributed by atoms with van der Waals surface area (Å²) in [7, 11) is 0. The molecule has 0 bridgehead atoms. The van der Waals surface area contributed by atoms with Crippen LogP contribution in [0.1, 0.15) is 6.92 Å². The monoisotopic (exact) mass is 422 g/mol. The van der Waals surface area contributed by atoms with Crippen LogP contribution in [0.3, 0.4) is 0 Å². The molecule has 1 atom stereocenters. The molecule has 15 heteroatoms. The van der Waals surface area contributed by atoms with Crippen LogP contribution in [-0.4, -0.2) is 53.1 Å². The van der Waals surface area contributed by atoms with E-state index in [-0.39, 0.29) is 5.75 Å². The Morgan fingerprint density at radius 2 is 1.08 bits per heavy atom. The molecule has 0 N–H and O–H groups in total. The van der Waals surface area contributed by atoms with Gasteiger partial charge in [-0.1, -0.05) is 0 Å². The lowest BCUT2D eigenvalue weighted by atomic mass is 9.94. The minimum Gasteiger partial charge on any atom is -0.357 e. The highest BCUT2D eigenvalue weighted by atomic mass is 32.2. The van der Waals surface area contributed by atoms with Crippen LogP contribution in [0, 0.1) is 0 Å². The number of thioether (sulfide) groups is 1. The van der Waals surface area contributed by atoms with E-state index in [1.807, 2.05) is 0 Å². The van der Waals surface area contributed by atoms with Crippen LogP contribution in [0.15, 0.2) is 0 Å². The lowest BCUT2D eigenvalue weighted by Crippen LogP contribution is -2.70. The van der Waals surface area contributed by atoms with Crippen molar-refractivity contribution in [1.82, 2.24) is 0 Å². The van der Waals surface area contributed by atoms with Gasteiger partial charge in [-0.15, -0.1) is 11.8 Å². The molecule has 1 aliphatic heterocycles. The first-order valence-electron chi connectivity index (χ1n) is 5.90. The summed E-state index contributed by atoms with van der Waals surface area (Å²) < 4.78 is 170. The van der Waals surface area contributed by atoms with Crippen molar-refractivity contribution in [3.63, 3.8) is 0 Å². The summed E-state index contributed by atoms with van der Waals surface area (Å²) in [5, 5.41) is 0. The first-order valence-corrected chi connectivity index (χ1v) is 6.89. The van der Waals surface area contributed by atoms with Crippen LogP contribution in [0.5, 0.6) is 0 Å². The lowest BCUT2D eigenvalue weighted by molar-refractivity contribution is -0.441. The zero-order chi connectivity index (χ0) is 20.3. The molecule has 0 aromatic heterocycles. The molecule has 1 nitrogen and oxygen atoms in total. The van der Waals surface area contributed by atoms with Gasteiger partial charge in [-0.2, -0.15) is 57.1 Å². The molecule has 1 fully saturated rings. The number of alkyl halides is 13. The normalized spacial score (nSPS) is 23.8. The predicted molar refractivity (Wildman–Crippen MR) is 57.6 cm³/mol. The Morgan fingerprint density at radius 1 is 0.720 bits per heavy atom. The van der Waals surface area contributed by atoms with Crippen molar-refractivity contribution < 1.29 is 61.8 Å². The molecule has 0 amide bonds. The van der Waals surface area contributed by atoms with Gasteiger partial charge in [0.1, 0.15) is 11.5 Å². The van der Waals surface area contributed by atoms with Crippen LogP contribution in [0.2, 0.25) is 0 Å². The number of rotatable bonds is 7. The Hall–Kier alpha value is -0.600. The van der Waals surface area contributed by atoms with Crippen LogP contribution >= 0.6 is 11.8 Å². The molecule has 0 radical (unpaired) electrons. The third kappa shape index (κ3) is 3.37. The molecule has 1 saturated heterocycles. The second kappa shape index (κ2) is 5.70. The van der Waals surface area contributed by atoms with Crippen molar-refractivity contribution in [2.45, 2.75) is 47.6 Å². The molecule has 0 aromatic carbocycles. The summed E-state index contributed by atoms with van der Waals surface area (Å²) >= 11 is 0.738. The van der Waals surface area contributed by atoms with Crippen molar-refractivity contribution in [3.05, 3.63) is 0 Å². The van der Waals surface area contributed by atoms with E-state index in [9.17, 15) is 57.1 Å². The zero-order valence-electron chi connectivity index (χ0n) is 11.6. The first-order chi connectivity index (χ1) is 10.7. The fourth-order valence-electron chi connectivity index (χ4n) is 1.32. The minimum atomic E-state index is -7.87. The first kappa shape index (κ1) is 22.4. The number of hydrogen-bond acceptors (Lipinski definition) is 2. The summed E-state index contributed by atoms with van der Waals surface area (Å²) in [6.45, 7) is -1.57. The van der Waals surface area contributed by atoms with E-state index in [2.05, 4.69) is 4.74 Å². The zero-order valence-corrected chi connectivity index (χ0v) is 12.5. The molecule has 0 aliphatic carbocycles. The molecule has 1 rings (SSSR count). The maximum atomic E-state index is 13.2. The van der Waals surface area contributed by atoms with Gasteiger partial charge in [0.15, 0.2) is 0 Å².